The van der Waals surface area contributed by atoms with Crippen LogP contribution in [0.2, 0.25) is 0 Å². The van der Waals surface area contributed by atoms with Crippen LogP contribution in [-0.2, 0) is 11.2 Å². The minimum absolute atomic E-state index is 0.149. The molecule has 4 rings (SSSR count). The molecule has 0 bridgehead atoms. The Morgan fingerprint density at radius 2 is 1.92 bits per heavy atom. The summed E-state index contributed by atoms with van der Waals surface area (Å²) in [6, 6.07) is 8.81. The number of hydrogen-bond donors (Lipinski definition) is 2. The SMILES string of the molecule is CC1(C(=O)N2CCC(O)(Cc3ccnn3-c3cccc(O)c3)CC2)CC1. The van der Waals surface area contributed by atoms with Crippen LogP contribution in [0.4, 0.5) is 0 Å². The minimum atomic E-state index is -0.837. The number of amides is 1. The van der Waals surface area contributed by atoms with Crippen LogP contribution in [0.3, 0.4) is 0 Å². The van der Waals surface area contributed by atoms with Crippen molar-refractivity contribution in [2.75, 3.05) is 13.1 Å². The Labute approximate surface area is 153 Å². The smallest absolute Gasteiger partial charge is 0.228 e. The molecule has 6 heteroatoms. The lowest BCUT2D eigenvalue weighted by atomic mass is 9.86. The largest absolute Gasteiger partial charge is 0.508 e. The average molecular weight is 355 g/mol. The van der Waals surface area contributed by atoms with Crippen molar-refractivity contribution in [1.82, 2.24) is 14.7 Å². The van der Waals surface area contributed by atoms with Gasteiger partial charge in [-0.05, 0) is 43.9 Å². The van der Waals surface area contributed by atoms with Crippen LogP contribution >= 0.6 is 0 Å². The van der Waals surface area contributed by atoms with Crippen LogP contribution in [0.1, 0.15) is 38.3 Å². The van der Waals surface area contributed by atoms with E-state index in [1.54, 1.807) is 29.1 Å². The number of hydrogen-bond acceptors (Lipinski definition) is 4. The molecule has 0 atom stereocenters. The van der Waals surface area contributed by atoms with Gasteiger partial charge in [0.15, 0.2) is 0 Å². The van der Waals surface area contributed by atoms with Crippen LogP contribution in [0.15, 0.2) is 36.5 Å². The molecule has 6 nitrogen and oxygen atoms in total. The van der Waals surface area contributed by atoms with Gasteiger partial charge in [0, 0.05) is 42.9 Å². The van der Waals surface area contributed by atoms with Crippen LogP contribution in [0, 0.1) is 5.41 Å². The van der Waals surface area contributed by atoms with Gasteiger partial charge in [0.2, 0.25) is 5.91 Å². The maximum absolute atomic E-state index is 12.5. The topological polar surface area (TPSA) is 78.6 Å². The second-order valence-electron chi connectivity index (χ2n) is 8.01. The number of phenolic OH excluding ortho intramolecular Hbond substituents is 1. The number of phenols is 1. The lowest BCUT2D eigenvalue weighted by Gasteiger charge is -2.39. The summed E-state index contributed by atoms with van der Waals surface area (Å²) in [4.78, 5) is 14.4. The van der Waals surface area contributed by atoms with E-state index in [9.17, 15) is 15.0 Å². The highest BCUT2D eigenvalue weighted by Crippen LogP contribution is 2.47. The Hall–Kier alpha value is -2.34. The molecule has 2 fully saturated rings. The van der Waals surface area contributed by atoms with Gasteiger partial charge in [-0.1, -0.05) is 13.0 Å². The quantitative estimate of drug-likeness (QED) is 0.882. The number of aliphatic hydroxyl groups is 1. The predicted octanol–water partition coefficient (Wildman–Crippen LogP) is 2.27. The maximum atomic E-state index is 12.5. The standard InChI is InChI=1S/C20H25N3O3/c1-19(6-7-19)18(25)22-11-8-20(26,9-12-22)14-16-5-10-21-23(16)15-3-2-4-17(24)13-15/h2-5,10,13,24,26H,6-9,11-12,14H2,1H3. The zero-order chi connectivity index (χ0) is 18.4. The highest BCUT2D eigenvalue weighted by Gasteiger charge is 2.48. The number of nitrogens with zero attached hydrogens (tertiary/aromatic N) is 3. The maximum Gasteiger partial charge on any atom is 0.228 e. The second kappa shape index (κ2) is 6.13. The van der Waals surface area contributed by atoms with E-state index in [1.165, 1.54) is 0 Å². The number of rotatable bonds is 4. The summed E-state index contributed by atoms with van der Waals surface area (Å²) in [6.45, 7) is 3.24. The van der Waals surface area contributed by atoms with Gasteiger partial charge in [0.05, 0.1) is 11.3 Å². The molecule has 1 saturated heterocycles. The van der Waals surface area contributed by atoms with Crippen LogP contribution in [0.25, 0.3) is 5.69 Å². The van der Waals surface area contributed by atoms with E-state index in [2.05, 4.69) is 5.10 Å². The molecule has 0 radical (unpaired) electrons. The fraction of sp³-hybridized carbons (Fsp3) is 0.500. The van der Waals surface area contributed by atoms with E-state index in [1.807, 2.05) is 24.0 Å². The summed E-state index contributed by atoms with van der Waals surface area (Å²) >= 11 is 0. The molecule has 1 amide bonds. The van der Waals surface area contributed by atoms with Crippen LogP contribution in [-0.4, -0.2) is 49.5 Å². The van der Waals surface area contributed by atoms with Crippen LogP contribution in [0.5, 0.6) is 5.75 Å². The van der Waals surface area contributed by atoms with E-state index < -0.39 is 5.60 Å². The van der Waals surface area contributed by atoms with Crippen molar-refractivity contribution in [3.8, 4) is 11.4 Å². The highest BCUT2D eigenvalue weighted by molar-refractivity contribution is 5.85. The first-order chi connectivity index (χ1) is 12.4. The molecular weight excluding hydrogens is 330 g/mol. The average Bonchev–Trinajstić information content (AvgIpc) is 3.21. The summed E-state index contributed by atoms with van der Waals surface area (Å²) in [5, 5.41) is 25.1. The fourth-order valence-corrected chi connectivity index (χ4v) is 3.74. The first-order valence-corrected chi connectivity index (χ1v) is 9.23. The number of carbonyl (C=O) groups excluding carboxylic acids is 1. The van der Waals surface area contributed by atoms with Gasteiger partial charge in [0.25, 0.3) is 0 Å². The van der Waals surface area contributed by atoms with Gasteiger partial charge in [-0.15, -0.1) is 0 Å². The van der Waals surface area contributed by atoms with Crippen molar-refractivity contribution < 1.29 is 15.0 Å². The fourth-order valence-electron chi connectivity index (χ4n) is 3.74. The van der Waals surface area contributed by atoms with Gasteiger partial charge in [0.1, 0.15) is 5.75 Å². The van der Waals surface area contributed by atoms with E-state index in [0.29, 0.717) is 32.4 Å². The molecule has 1 aromatic carbocycles. The van der Waals surface area contributed by atoms with Crippen LogP contribution < -0.4 is 0 Å². The predicted molar refractivity (Wildman–Crippen MR) is 97.0 cm³/mol. The molecule has 2 heterocycles. The number of likely N-dealkylation sites (tertiary alicyclic amines) is 1. The summed E-state index contributed by atoms with van der Waals surface area (Å²) in [5.74, 6) is 0.424. The summed E-state index contributed by atoms with van der Waals surface area (Å²) in [7, 11) is 0. The molecule has 2 aliphatic rings. The molecular formula is C20H25N3O3. The first-order valence-electron chi connectivity index (χ1n) is 9.23. The highest BCUT2D eigenvalue weighted by atomic mass is 16.3. The van der Waals surface area contributed by atoms with E-state index in [0.717, 1.165) is 24.2 Å². The molecule has 1 aliphatic carbocycles. The number of piperidine rings is 1. The third kappa shape index (κ3) is 3.21. The molecule has 1 aliphatic heterocycles. The van der Waals surface area contributed by atoms with Crippen molar-refractivity contribution in [2.45, 2.75) is 44.6 Å². The van der Waals surface area contributed by atoms with Gasteiger partial charge in [-0.3, -0.25) is 4.79 Å². The molecule has 138 valence electrons. The van der Waals surface area contributed by atoms with Gasteiger partial charge in [-0.25, -0.2) is 4.68 Å². The summed E-state index contributed by atoms with van der Waals surface area (Å²) in [6.07, 6.45) is 5.28. The summed E-state index contributed by atoms with van der Waals surface area (Å²) < 4.78 is 1.75. The Morgan fingerprint density at radius 3 is 2.58 bits per heavy atom. The van der Waals surface area contributed by atoms with E-state index in [-0.39, 0.29) is 17.1 Å². The zero-order valence-electron chi connectivity index (χ0n) is 15.1. The van der Waals surface area contributed by atoms with Gasteiger partial charge >= 0.3 is 0 Å². The van der Waals surface area contributed by atoms with E-state index in [4.69, 9.17) is 0 Å². The first kappa shape index (κ1) is 17.1. The number of benzene rings is 1. The van der Waals surface area contributed by atoms with Crippen molar-refractivity contribution >= 4 is 5.91 Å². The zero-order valence-corrected chi connectivity index (χ0v) is 15.1. The molecule has 1 saturated carbocycles. The molecule has 2 aromatic rings. The Balaban J connectivity index is 1.45. The molecule has 1 aromatic heterocycles. The number of carbonyl (C=O) groups is 1. The molecule has 26 heavy (non-hydrogen) atoms. The molecule has 0 spiro atoms. The monoisotopic (exact) mass is 355 g/mol. The van der Waals surface area contributed by atoms with Crippen molar-refractivity contribution in [1.29, 1.82) is 0 Å². The normalized spacial score (nSPS) is 20.8. The van der Waals surface area contributed by atoms with Crippen molar-refractivity contribution in [3.63, 3.8) is 0 Å². The Kier molecular flexibility index (Phi) is 4.03. The van der Waals surface area contributed by atoms with Crippen molar-refractivity contribution in [2.24, 2.45) is 5.41 Å². The van der Waals surface area contributed by atoms with Crippen molar-refractivity contribution in [3.05, 3.63) is 42.2 Å². The lowest BCUT2D eigenvalue weighted by Crippen LogP contribution is -2.49. The second-order valence-corrected chi connectivity index (χ2v) is 8.01. The Bertz CT molecular complexity index is 817. The summed E-state index contributed by atoms with van der Waals surface area (Å²) in [5.41, 5.74) is 0.675. The minimum Gasteiger partial charge on any atom is -0.508 e. The Morgan fingerprint density at radius 1 is 1.19 bits per heavy atom. The van der Waals surface area contributed by atoms with Gasteiger partial charge in [-0.2, -0.15) is 5.10 Å². The molecule has 2 N–H and O–H groups in total. The van der Waals surface area contributed by atoms with Gasteiger partial charge < -0.3 is 15.1 Å². The lowest BCUT2D eigenvalue weighted by molar-refractivity contribution is -0.140. The third-order valence-electron chi connectivity index (χ3n) is 5.80. The number of aromatic nitrogens is 2. The number of aromatic hydroxyl groups is 1. The molecule has 0 unspecified atom stereocenters. The van der Waals surface area contributed by atoms with E-state index >= 15 is 0 Å². The third-order valence-corrected chi connectivity index (χ3v) is 5.80.